The molecule has 1 aliphatic rings. The highest BCUT2D eigenvalue weighted by Crippen LogP contribution is 2.17. The van der Waals surface area contributed by atoms with Gasteiger partial charge < -0.3 is 10.1 Å². The average molecular weight is 226 g/mol. The molecule has 1 N–H and O–H groups in total. The van der Waals surface area contributed by atoms with Crippen molar-refractivity contribution >= 4 is 0 Å². The lowest BCUT2D eigenvalue weighted by Crippen LogP contribution is -2.59. The van der Waals surface area contributed by atoms with Crippen LogP contribution >= 0.6 is 0 Å². The van der Waals surface area contributed by atoms with E-state index in [0.29, 0.717) is 0 Å². The molecule has 3 heteroatoms. The first-order valence-corrected chi connectivity index (χ1v) is 6.08. The summed E-state index contributed by atoms with van der Waals surface area (Å²) in [6, 6.07) is 0. The van der Waals surface area contributed by atoms with Crippen molar-refractivity contribution in [2.75, 3.05) is 32.8 Å². The quantitative estimate of drug-likeness (QED) is 0.697. The van der Waals surface area contributed by atoms with E-state index in [0.717, 1.165) is 32.8 Å². The molecule has 0 saturated carbocycles. The average Bonchev–Trinajstić information content (AvgIpc) is 2.12. The number of hydrogen-bond acceptors (Lipinski definition) is 3. The van der Waals surface area contributed by atoms with Crippen LogP contribution in [0, 0.1) is 0 Å². The van der Waals surface area contributed by atoms with E-state index in [1.165, 1.54) is 0 Å². The molecule has 1 aliphatic heterocycles. The van der Waals surface area contributed by atoms with Crippen molar-refractivity contribution in [3.8, 4) is 0 Å². The first kappa shape index (κ1) is 13.7. The Bertz CT molecular complexity index is 229. The Morgan fingerprint density at radius 1 is 1.44 bits per heavy atom. The maximum absolute atomic E-state index is 5.90. The SMILES string of the molecule is C=CCN(CCOC1(C)CNC1)C(C)(C)C. The molecule has 1 heterocycles. The smallest absolute Gasteiger partial charge is 0.0902 e. The molecule has 1 fully saturated rings. The van der Waals surface area contributed by atoms with Gasteiger partial charge >= 0.3 is 0 Å². The van der Waals surface area contributed by atoms with Gasteiger partial charge in [-0.1, -0.05) is 6.08 Å². The minimum atomic E-state index is 0.0672. The number of ether oxygens (including phenoxy) is 1. The molecule has 0 atom stereocenters. The fourth-order valence-electron chi connectivity index (χ4n) is 1.84. The van der Waals surface area contributed by atoms with Crippen molar-refractivity contribution in [1.29, 1.82) is 0 Å². The van der Waals surface area contributed by atoms with Crippen LogP contribution in [0.4, 0.5) is 0 Å². The summed E-state index contributed by atoms with van der Waals surface area (Å²) in [6.07, 6.45) is 1.96. The zero-order chi connectivity index (χ0) is 12.2. The minimum absolute atomic E-state index is 0.0672. The highest BCUT2D eigenvalue weighted by molar-refractivity contribution is 4.90. The van der Waals surface area contributed by atoms with Gasteiger partial charge in [-0.15, -0.1) is 6.58 Å². The van der Waals surface area contributed by atoms with E-state index in [2.05, 4.69) is 44.5 Å². The van der Waals surface area contributed by atoms with Crippen LogP contribution in [0.3, 0.4) is 0 Å². The van der Waals surface area contributed by atoms with Gasteiger partial charge in [-0.25, -0.2) is 0 Å². The molecular weight excluding hydrogens is 200 g/mol. The molecule has 0 aromatic rings. The topological polar surface area (TPSA) is 24.5 Å². The van der Waals surface area contributed by atoms with Crippen molar-refractivity contribution in [3.05, 3.63) is 12.7 Å². The predicted molar refractivity (Wildman–Crippen MR) is 68.7 cm³/mol. The summed E-state index contributed by atoms with van der Waals surface area (Å²) in [7, 11) is 0. The number of nitrogens with zero attached hydrogens (tertiary/aromatic N) is 1. The third-order valence-corrected chi connectivity index (χ3v) is 3.11. The van der Waals surface area contributed by atoms with Crippen LogP contribution in [0.2, 0.25) is 0 Å². The predicted octanol–water partition coefficient (Wildman–Crippen LogP) is 1.65. The zero-order valence-electron chi connectivity index (χ0n) is 11.2. The van der Waals surface area contributed by atoms with E-state index >= 15 is 0 Å². The van der Waals surface area contributed by atoms with Crippen molar-refractivity contribution in [1.82, 2.24) is 10.2 Å². The van der Waals surface area contributed by atoms with Gasteiger partial charge in [0.15, 0.2) is 0 Å². The second-order valence-corrected chi connectivity index (χ2v) is 5.81. The van der Waals surface area contributed by atoms with Gasteiger partial charge in [-0.3, -0.25) is 4.90 Å². The maximum Gasteiger partial charge on any atom is 0.0902 e. The summed E-state index contributed by atoms with van der Waals surface area (Å²) in [5, 5.41) is 3.24. The zero-order valence-corrected chi connectivity index (χ0v) is 11.2. The summed E-state index contributed by atoms with van der Waals surface area (Å²) in [5.74, 6) is 0. The lowest BCUT2D eigenvalue weighted by atomic mass is 10.0. The molecule has 0 amide bonds. The van der Waals surface area contributed by atoms with Gasteiger partial charge in [0, 0.05) is 31.7 Å². The van der Waals surface area contributed by atoms with E-state index in [-0.39, 0.29) is 11.1 Å². The molecule has 0 aromatic heterocycles. The monoisotopic (exact) mass is 226 g/mol. The Balaban J connectivity index is 2.29. The normalized spacial score (nSPS) is 19.6. The van der Waals surface area contributed by atoms with E-state index < -0.39 is 0 Å². The molecule has 1 rings (SSSR count). The van der Waals surface area contributed by atoms with Crippen LogP contribution in [0.15, 0.2) is 12.7 Å². The van der Waals surface area contributed by atoms with Gasteiger partial charge in [0.25, 0.3) is 0 Å². The third-order valence-electron chi connectivity index (χ3n) is 3.11. The van der Waals surface area contributed by atoms with Gasteiger partial charge in [-0.2, -0.15) is 0 Å². The third kappa shape index (κ3) is 3.89. The molecule has 0 unspecified atom stereocenters. The summed E-state index contributed by atoms with van der Waals surface area (Å²) in [4.78, 5) is 2.38. The minimum Gasteiger partial charge on any atom is -0.371 e. The van der Waals surface area contributed by atoms with Crippen molar-refractivity contribution in [2.24, 2.45) is 0 Å². The van der Waals surface area contributed by atoms with Gasteiger partial charge in [-0.05, 0) is 27.7 Å². The molecule has 94 valence electrons. The molecule has 16 heavy (non-hydrogen) atoms. The van der Waals surface area contributed by atoms with Gasteiger partial charge in [0.05, 0.1) is 12.2 Å². The first-order chi connectivity index (χ1) is 7.37. The van der Waals surface area contributed by atoms with Crippen LogP contribution in [-0.4, -0.2) is 48.8 Å². The Morgan fingerprint density at radius 2 is 2.06 bits per heavy atom. The summed E-state index contributed by atoms with van der Waals surface area (Å²) < 4.78 is 5.90. The second-order valence-electron chi connectivity index (χ2n) is 5.81. The molecular formula is C13H26N2O. The van der Waals surface area contributed by atoms with Crippen LogP contribution in [0.25, 0.3) is 0 Å². The van der Waals surface area contributed by atoms with Crippen molar-refractivity contribution in [3.63, 3.8) is 0 Å². The standard InChI is InChI=1S/C13H26N2O/c1-6-7-15(12(2,3)4)8-9-16-13(5)10-14-11-13/h6,14H,1,7-11H2,2-5H3. The molecule has 0 spiro atoms. The summed E-state index contributed by atoms with van der Waals surface area (Å²) >= 11 is 0. The number of hydrogen-bond donors (Lipinski definition) is 1. The van der Waals surface area contributed by atoms with Gasteiger partial charge in [0.2, 0.25) is 0 Å². The fraction of sp³-hybridized carbons (Fsp3) is 0.846. The lowest BCUT2D eigenvalue weighted by Gasteiger charge is -2.41. The molecule has 0 aromatic carbocycles. The van der Waals surface area contributed by atoms with Crippen LogP contribution in [0.1, 0.15) is 27.7 Å². The molecule has 0 aliphatic carbocycles. The van der Waals surface area contributed by atoms with E-state index in [1.54, 1.807) is 0 Å². The largest absolute Gasteiger partial charge is 0.371 e. The Morgan fingerprint density at radius 3 is 2.44 bits per heavy atom. The van der Waals surface area contributed by atoms with E-state index in [9.17, 15) is 0 Å². The number of rotatable bonds is 6. The van der Waals surface area contributed by atoms with Crippen LogP contribution < -0.4 is 5.32 Å². The molecule has 3 nitrogen and oxygen atoms in total. The summed E-state index contributed by atoms with van der Waals surface area (Å²) in [6.45, 7) is 17.3. The van der Waals surface area contributed by atoms with Crippen molar-refractivity contribution < 1.29 is 4.74 Å². The Kier molecular flexibility index (Phi) is 4.53. The molecule has 1 saturated heterocycles. The van der Waals surface area contributed by atoms with E-state index in [1.807, 2.05) is 6.08 Å². The first-order valence-electron chi connectivity index (χ1n) is 6.08. The Labute approximate surface area is 99.8 Å². The van der Waals surface area contributed by atoms with Crippen LogP contribution in [-0.2, 0) is 4.74 Å². The molecule has 0 bridgehead atoms. The highest BCUT2D eigenvalue weighted by atomic mass is 16.5. The maximum atomic E-state index is 5.90. The molecule has 0 radical (unpaired) electrons. The highest BCUT2D eigenvalue weighted by Gasteiger charge is 2.32. The van der Waals surface area contributed by atoms with Gasteiger partial charge in [0.1, 0.15) is 0 Å². The fourth-order valence-corrected chi connectivity index (χ4v) is 1.84. The van der Waals surface area contributed by atoms with E-state index in [4.69, 9.17) is 4.74 Å². The van der Waals surface area contributed by atoms with Crippen LogP contribution in [0.5, 0.6) is 0 Å². The number of nitrogens with one attached hydrogen (secondary N) is 1. The Hall–Kier alpha value is -0.380. The summed E-state index contributed by atoms with van der Waals surface area (Å²) in [5.41, 5.74) is 0.244. The lowest BCUT2D eigenvalue weighted by molar-refractivity contribution is -0.0762. The van der Waals surface area contributed by atoms with Crippen molar-refractivity contribution in [2.45, 2.75) is 38.8 Å². The second kappa shape index (κ2) is 5.30.